The molecule has 0 aliphatic carbocycles. The van der Waals surface area contributed by atoms with E-state index in [1.807, 2.05) is 76.2 Å². The Morgan fingerprint density at radius 3 is 2.38 bits per heavy atom. The van der Waals surface area contributed by atoms with Gasteiger partial charge in [-0.1, -0.05) is 18.2 Å². The molecule has 1 aromatic heterocycles. The van der Waals surface area contributed by atoms with Crippen LogP contribution in [0.5, 0.6) is 11.5 Å². The lowest BCUT2D eigenvalue weighted by Gasteiger charge is -2.11. The van der Waals surface area contributed by atoms with E-state index in [-0.39, 0.29) is 5.91 Å². The third-order valence-corrected chi connectivity index (χ3v) is 5.63. The molecule has 0 spiro atoms. The van der Waals surface area contributed by atoms with E-state index in [9.17, 15) is 4.79 Å². The summed E-state index contributed by atoms with van der Waals surface area (Å²) in [6, 6.07) is 17.8. The second kappa shape index (κ2) is 9.87. The van der Waals surface area contributed by atoms with Crippen molar-refractivity contribution in [3.63, 3.8) is 0 Å². The summed E-state index contributed by atoms with van der Waals surface area (Å²) in [4.78, 5) is 12.7. The largest absolute Gasteiger partial charge is 0.496 e. The molecule has 1 heterocycles. The van der Waals surface area contributed by atoms with Crippen molar-refractivity contribution in [1.82, 2.24) is 0 Å². The van der Waals surface area contributed by atoms with Gasteiger partial charge in [0.15, 0.2) is 0 Å². The van der Waals surface area contributed by atoms with Crippen molar-refractivity contribution >= 4 is 28.1 Å². The first-order valence-corrected chi connectivity index (χ1v) is 11.3. The number of allylic oxidation sites excluding steroid dienone is 1. The number of anilines is 1. The minimum atomic E-state index is -0.191. The van der Waals surface area contributed by atoms with Crippen molar-refractivity contribution in [3.05, 3.63) is 83.6 Å². The lowest BCUT2D eigenvalue weighted by Crippen LogP contribution is -2.09. The minimum absolute atomic E-state index is 0.191. The van der Waals surface area contributed by atoms with Gasteiger partial charge in [0.05, 0.1) is 20.0 Å². The molecule has 34 heavy (non-hydrogen) atoms. The molecule has 0 radical (unpaired) electrons. The van der Waals surface area contributed by atoms with Gasteiger partial charge >= 0.3 is 0 Å². The fourth-order valence-electron chi connectivity index (χ4n) is 4.15. The molecule has 174 valence electrons. The molecule has 0 atom stereocenters. The van der Waals surface area contributed by atoms with Crippen molar-refractivity contribution in [2.24, 2.45) is 0 Å². The van der Waals surface area contributed by atoms with Gasteiger partial charge in [-0.2, -0.15) is 0 Å². The first-order chi connectivity index (χ1) is 16.4. The number of ether oxygens (including phenoxy) is 2. The number of carbonyl (C=O) groups excluding carboxylic acids is 1. The molecule has 0 saturated carbocycles. The Kier molecular flexibility index (Phi) is 6.73. The first-order valence-electron chi connectivity index (χ1n) is 11.3. The van der Waals surface area contributed by atoms with Crippen LogP contribution >= 0.6 is 0 Å². The molecule has 0 fully saturated rings. The van der Waals surface area contributed by atoms with E-state index in [1.54, 1.807) is 19.4 Å². The summed E-state index contributed by atoms with van der Waals surface area (Å²) in [5.74, 6) is 1.28. The van der Waals surface area contributed by atoms with Crippen LogP contribution in [0.4, 0.5) is 5.69 Å². The maximum atomic E-state index is 12.7. The van der Waals surface area contributed by atoms with Crippen molar-refractivity contribution < 1.29 is 18.7 Å². The number of furan rings is 1. The minimum Gasteiger partial charge on any atom is -0.496 e. The van der Waals surface area contributed by atoms with E-state index in [4.69, 9.17) is 13.9 Å². The highest BCUT2D eigenvalue weighted by molar-refractivity contribution is 6.05. The molecule has 1 N–H and O–H groups in total. The second-order valence-electron chi connectivity index (χ2n) is 8.35. The number of amides is 1. The van der Waals surface area contributed by atoms with Crippen LogP contribution in [0.3, 0.4) is 0 Å². The summed E-state index contributed by atoms with van der Waals surface area (Å²) < 4.78 is 17.0. The smallest absolute Gasteiger partial charge is 0.248 e. The summed E-state index contributed by atoms with van der Waals surface area (Å²) in [6.45, 7) is 8.51. The van der Waals surface area contributed by atoms with Gasteiger partial charge in [0.1, 0.15) is 17.1 Å². The van der Waals surface area contributed by atoms with E-state index < -0.39 is 0 Å². The Bertz CT molecular complexity index is 1340. The van der Waals surface area contributed by atoms with Crippen LogP contribution in [-0.4, -0.2) is 19.6 Å². The molecule has 5 nitrogen and oxygen atoms in total. The average Bonchev–Trinajstić information content (AvgIpc) is 3.21. The zero-order valence-corrected chi connectivity index (χ0v) is 20.2. The summed E-state index contributed by atoms with van der Waals surface area (Å²) in [7, 11) is 1.61. The van der Waals surface area contributed by atoms with Crippen LogP contribution < -0.4 is 14.8 Å². The Morgan fingerprint density at radius 1 is 1.03 bits per heavy atom. The van der Waals surface area contributed by atoms with Crippen LogP contribution in [-0.2, 0) is 4.79 Å². The van der Waals surface area contributed by atoms with Crippen molar-refractivity contribution in [1.29, 1.82) is 0 Å². The molecule has 0 aliphatic heterocycles. The number of fused-ring (bicyclic) bond motifs is 1. The van der Waals surface area contributed by atoms with Crippen LogP contribution in [0.1, 0.15) is 30.5 Å². The highest BCUT2D eigenvalue weighted by Gasteiger charge is 2.15. The Hall–Kier alpha value is -3.99. The van der Waals surface area contributed by atoms with E-state index in [0.29, 0.717) is 12.4 Å². The van der Waals surface area contributed by atoms with E-state index in [1.165, 1.54) is 0 Å². The second-order valence-corrected chi connectivity index (χ2v) is 8.35. The molecule has 4 aromatic rings. The SMILES string of the molecule is CCOc1ccc(-c2coc3cc(OC)c(/C(C)=C/C(=O)Nc4cc(C)cc(C)c4)cc23)cc1. The number of aryl methyl sites for hydroxylation is 2. The number of hydrogen-bond donors (Lipinski definition) is 1. The van der Waals surface area contributed by atoms with Crippen molar-refractivity contribution in [2.45, 2.75) is 27.7 Å². The van der Waals surface area contributed by atoms with Gasteiger partial charge in [0.2, 0.25) is 5.91 Å². The van der Waals surface area contributed by atoms with Gasteiger partial charge in [-0.05, 0) is 80.3 Å². The lowest BCUT2D eigenvalue weighted by atomic mass is 9.99. The molecule has 5 heteroatoms. The number of benzene rings is 3. The lowest BCUT2D eigenvalue weighted by molar-refractivity contribution is -0.111. The molecule has 0 saturated heterocycles. The van der Waals surface area contributed by atoms with Gasteiger partial charge in [-0.15, -0.1) is 0 Å². The number of methoxy groups -OCH3 is 1. The van der Waals surface area contributed by atoms with Gasteiger partial charge in [0.25, 0.3) is 0 Å². The molecular formula is C29H29NO4. The fourth-order valence-corrected chi connectivity index (χ4v) is 4.15. The molecule has 4 rings (SSSR count). The van der Waals surface area contributed by atoms with Crippen LogP contribution in [0.2, 0.25) is 0 Å². The predicted octanol–water partition coefficient (Wildman–Crippen LogP) is 7.17. The summed E-state index contributed by atoms with van der Waals surface area (Å²) in [6.07, 6.45) is 3.34. The summed E-state index contributed by atoms with van der Waals surface area (Å²) in [5.41, 5.74) is 7.31. The van der Waals surface area contributed by atoms with E-state index >= 15 is 0 Å². The number of carbonyl (C=O) groups is 1. The standard InChI is InChI=1S/C29H29NO4/c1-6-33-23-9-7-21(8-10-23)26-17-34-28-16-27(32-5)24(15-25(26)28)20(4)14-29(31)30-22-12-18(2)11-19(3)13-22/h7-17H,6H2,1-5H3,(H,30,31)/b20-14+. The number of nitrogens with one attached hydrogen (secondary N) is 1. The molecule has 1 amide bonds. The monoisotopic (exact) mass is 455 g/mol. The molecule has 3 aromatic carbocycles. The third kappa shape index (κ3) is 4.99. The van der Waals surface area contributed by atoms with Gasteiger partial charge in [0, 0.05) is 34.3 Å². The van der Waals surface area contributed by atoms with Gasteiger partial charge in [-0.3, -0.25) is 4.79 Å². The Morgan fingerprint density at radius 2 is 1.74 bits per heavy atom. The topological polar surface area (TPSA) is 60.7 Å². The maximum absolute atomic E-state index is 12.7. The third-order valence-electron chi connectivity index (χ3n) is 5.63. The Labute approximate surface area is 200 Å². The summed E-state index contributed by atoms with van der Waals surface area (Å²) in [5, 5.41) is 3.91. The van der Waals surface area contributed by atoms with Crippen LogP contribution in [0.25, 0.3) is 27.7 Å². The highest BCUT2D eigenvalue weighted by atomic mass is 16.5. The zero-order valence-electron chi connectivity index (χ0n) is 20.2. The quantitative estimate of drug-likeness (QED) is 0.300. The highest BCUT2D eigenvalue weighted by Crippen LogP contribution is 2.37. The number of rotatable bonds is 7. The molecular weight excluding hydrogens is 426 g/mol. The summed E-state index contributed by atoms with van der Waals surface area (Å²) >= 11 is 0. The molecule has 0 bridgehead atoms. The molecule has 0 aliphatic rings. The van der Waals surface area contributed by atoms with Gasteiger partial charge < -0.3 is 19.2 Å². The average molecular weight is 456 g/mol. The predicted molar refractivity (Wildman–Crippen MR) is 138 cm³/mol. The van der Waals surface area contributed by atoms with E-state index in [2.05, 4.69) is 11.4 Å². The maximum Gasteiger partial charge on any atom is 0.248 e. The van der Waals surface area contributed by atoms with Crippen LogP contribution in [0, 0.1) is 13.8 Å². The van der Waals surface area contributed by atoms with E-state index in [0.717, 1.165) is 55.8 Å². The Balaban J connectivity index is 1.68. The molecule has 0 unspecified atom stereocenters. The van der Waals surface area contributed by atoms with Crippen molar-refractivity contribution in [3.8, 4) is 22.6 Å². The van der Waals surface area contributed by atoms with Crippen molar-refractivity contribution in [2.75, 3.05) is 19.0 Å². The fraction of sp³-hybridized carbons (Fsp3) is 0.207. The normalized spacial score (nSPS) is 11.5. The first kappa shape index (κ1) is 23.2. The number of hydrogen-bond acceptors (Lipinski definition) is 4. The zero-order chi connectivity index (χ0) is 24.2. The van der Waals surface area contributed by atoms with Gasteiger partial charge in [-0.25, -0.2) is 0 Å². The van der Waals surface area contributed by atoms with Crippen LogP contribution in [0.15, 0.2) is 71.4 Å².